The van der Waals surface area contributed by atoms with Gasteiger partial charge in [0.25, 0.3) is 0 Å². The van der Waals surface area contributed by atoms with E-state index in [1.165, 1.54) is 0 Å². The van der Waals surface area contributed by atoms with E-state index in [0.717, 1.165) is 33.4 Å². The van der Waals surface area contributed by atoms with Crippen LogP contribution < -0.4 is 12.4 Å². The van der Waals surface area contributed by atoms with Crippen molar-refractivity contribution in [2.75, 3.05) is 0 Å². The van der Waals surface area contributed by atoms with Crippen molar-refractivity contribution < 1.29 is 32.4 Å². The van der Waals surface area contributed by atoms with Gasteiger partial charge in [0.1, 0.15) is 0 Å². The summed E-state index contributed by atoms with van der Waals surface area (Å²) in [4.78, 5) is 0. The summed E-state index contributed by atoms with van der Waals surface area (Å²) in [7, 11) is 4.58. The summed E-state index contributed by atoms with van der Waals surface area (Å²) >= 11 is 1.75. The molecule has 0 saturated carbocycles. The number of halogens is 2. The van der Waals surface area contributed by atoms with Gasteiger partial charge in [0.15, 0.2) is 0 Å². The van der Waals surface area contributed by atoms with Crippen molar-refractivity contribution in [1.82, 2.24) is 0 Å². The molecule has 0 saturated heterocycles. The first-order valence-corrected chi connectivity index (χ1v) is 12.2. The molecule has 0 aliphatic heterocycles. The average molecular weight is 624 g/mol. The maximum absolute atomic E-state index is 4.58. The summed E-state index contributed by atoms with van der Waals surface area (Å²) < 4.78 is 0. The Bertz CT molecular complexity index is 984. The quantitative estimate of drug-likeness (QED) is 0.133. The minimum atomic E-state index is 0. The molecule has 0 fully saturated rings. The second-order valence-electron chi connectivity index (χ2n) is 6.46. The third-order valence-corrected chi connectivity index (χ3v) is 4.46. The van der Waals surface area contributed by atoms with Gasteiger partial charge in [-0.25, -0.2) is 0 Å². The van der Waals surface area contributed by atoms with E-state index in [-0.39, 0.29) is 12.4 Å². The van der Waals surface area contributed by atoms with Crippen molar-refractivity contribution in [3.63, 3.8) is 0 Å². The van der Waals surface area contributed by atoms with Gasteiger partial charge in [0.2, 0.25) is 0 Å². The molecule has 4 aromatic rings. The molecule has 3 heteroatoms. The molecule has 0 unspecified atom stereocenters. The van der Waals surface area contributed by atoms with Crippen LogP contribution in [0.2, 0.25) is 0 Å². The molecule has 31 heavy (non-hydrogen) atoms. The van der Waals surface area contributed by atoms with Crippen molar-refractivity contribution in [3.05, 3.63) is 156 Å². The Morgan fingerprint density at radius 3 is 1.00 bits per heavy atom. The van der Waals surface area contributed by atoms with E-state index in [0.29, 0.717) is 0 Å². The van der Waals surface area contributed by atoms with Gasteiger partial charge < -0.3 is 12.4 Å². The molecule has 0 radical (unpaired) electrons. The Labute approximate surface area is 207 Å². The number of hydrogen-bond donors (Lipinski definition) is 0. The van der Waals surface area contributed by atoms with Gasteiger partial charge in [-0.2, -0.15) is 23.3 Å². The number of benzene rings is 4. The predicted octanol–water partition coefficient (Wildman–Crippen LogP) is 4.55. The molecule has 0 nitrogen and oxygen atoms in total. The molecule has 0 heterocycles. The third-order valence-electron chi connectivity index (χ3n) is 4.46. The Morgan fingerprint density at radius 1 is 0.452 bits per heavy atom. The Morgan fingerprint density at radius 2 is 0.710 bits per heavy atom. The molecule has 160 valence electrons. The van der Waals surface area contributed by atoms with Gasteiger partial charge in [-0.05, 0) is 0 Å². The zero-order chi connectivity index (χ0) is 21.0. The molecule has 0 amide bonds. The van der Waals surface area contributed by atoms with Gasteiger partial charge in [-0.1, -0.05) is 97.1 Å². The second-order valence-corrected chi connectivity index (χ2v) is 6.46. The Kier molecular flexibility index (Phi) is 11.2. The van der Waals surface area contributed by atoms with Crippen LogP contribution in [0.1, 0.15) is 22.3 Å². The number of rotatable bonds is 5. The van der Waals surface area contributed by atoms with E-state index in [1.807, 2.05) is 48.5 Å². The van der Waals surface area contributed by atoms with Crippen LogP contribution in [0, 0.1) is 12.2 Å². The molecule has 0 spiro atoms. The summed E-state index contributed by atoms with van der Waals surface area (Å²) in [6.07, 6.45) is 7.26. The summed E-state index contributed by atoms with van der Waals surface area (Å²) in [6.45, 7) is 0. The van der Waals surface area contributed by atoms with E-state index < -0.39 is 0 Å². The van der Waals surface area contributed by atoms with Crippen LogP contribution in [0.25, 0.3) is 11.1 Å². The summed E-state index contributed by atoms with van der Waals surface area (Å²) in [5.41, 5.74) is 6.39. The summed E-state index contributed by atoms with van der Waals surface area (Å²) in [5.74, 6) is 0. The number of hydrogen-bond acceptors (Lipinski definition) is 0. The molecule has 0 aromatic heterocycles. The molecule has 4 aromatic carbocycles. The van der Waals surface area contributed by atoms with Crippen LogP contribution in [0.5, 0.6) is 0 Å². The van der Waals surface area contributed by atoms with Crippen LogP contribution in [0.15, 0.2) is 121 Å². The normalized spacial score (nSPS) is 11.1. The molecular weight excluding hydrogens is 604 g/mol. The zero-order valence-corrected chi connectivity index (χ0v) is 20.3. The molecule has 4 rings (SSSR count). The second kappa shape index (κ2) is 13.9. The van der Waals surface area contributed by atoms with E-state index in [1.54, 1.807) is 20.0 Å². The molecule has 0 bridgehead atoms. The fourth-order valence-corrected chi connectivity index (χ4v) is 3.10. The van der Waals surface area contributed by atoms with Crippen LogP contribution >= 0.6 is 9.19 Å². The molecule has 0 N–H and O–H groups in total. The predicted molar refractivity (Wildman–Crippen MR) is 123 cm³/mol. The van der Waals surface area contributed by atoms with Crippen molar-refractivity contribution in [3.8, 4) is 0 Å². The Balaban J connectivity index is 0.00000111. The van der Waals surface area contributed by atoms with E-state index in [2.05, 4.69) is 94.1 Å². The SMILES string of the molecule is [C-](=C(C(=[C-]c1ccccc1)c1ccccc1)c1ccccc1)c1ccccc1.[Cl-].[Cl][Au]. The van der Waals surface area contributed by atoms with Gasteiger partial charge in [-0.15, -0.1) is 46.5 Å². The van der Waals surface area contributed by atoms with Crippen LogP contribution in [0.4, 0.5) is 0 Å². The molecule has 0 aliphatic rings. The maximum atomic E-state index is 4.58. The molecular formula is C28H20AuCl2-3. The van der Waals surface area contributed by atoms with Crippen LogP contribution in [-0.2, 0) is 20.0 Å². The molecule has 0 aliphatic carbocycles. The van der Waals surface area contributed by atoms with E-state index in [9.17, 15) is 0 Å². The minimum absolute atomic E-state index is 0. The average Bonchev–Trinajstić information content (AvgIpc) is 2.85. The summed E-state index contributed by atoms with van der Waals surface area (Å²) in [5, 5.41) is 0. The van der Waals surface area contributed by atoms with Crippen molar-refractivity contribution in [1.29, 1.82) is 0 Å². The van der Waals surface area contributed by atoms with Crippen LogP contribution in [-0.4, -0.2) is 0 Å². The zero-order valence-electron chi connectivity index (χ0n) is 16.6. The van der Waals surface area contributed by atoms with Gasteiger partial charge in [0.05, 0.1) is 0 Å². The van der Waals surface area contributed by atoms with Crippen molar-refractivity contribution in [2.24, 2.45) is 0 Å². The first-order valence-electron chi connectivity index (χ1n) is 9.51. The van der Waals surface area contributed by atoms with Crippen LogP contribution in [0.3, 0.4) is 0 Å². The fourth-order valence-electron chi connectivity index (χ4n) is 3.10. The first kappa shape index (κ1) is 24.9. The number of allylic oxidation sites excluding steroid dienone is 2. The van der Waals surface area contributed by atoms with Gasteiger partial charge >= 0.3 is 29.2 Å². The van der Waals surface area contributed by atoms with Crippen molar-refractivity contribution in [2.45, 2.75) is 0 Å². The third kappa shape index (κ3) is 7.40. The fraction of sp³-hybridized carbons (Fsp3) is 0. The van der Waals surface area contributed by atoms with Gasteiger partial charge in [-0.3, -0.25) is 0 Å². The topological polar surface area (TPSA) is 0 Å². The summed E-state index contributed by atoms with van der Waals surface area (Å²) in [6, 6.07) is 41.3. The monoisotopic (exact) mass is 623 g/mol. The van der Waals surface area contributed by atoms with Crippen molar-refractivity contribution >= 4 is 20.3 Å². The Hall–Kier alpha value is -2.32. The van der Waals surface area contributed by atoms with Gasteiger partial charge in [0, 0.05) is 0 Å². The standard InChI is InChI=1S/C28H20.Au.2ClH/c1-5-13-23(14-6-1)21-27(25-17-9-3-10-18-25)28(26-19-11-4-12-20-26)22-24-15-7-2-8-16-24;;;/h1-20H;;2*1H/q-2;+1;;/p-2. The molecule has 0 atom stereocenters. The van der Waals surface area contributed by atoms with E-state index >= 15 is 0 Å². The van der Waals surface area contributed by atoms with E-state index in [4.69, 9.17) is 0 Å². The first-order chi connectivity index (χ1) is 14.9.